The fourth-order valence-corrected chi connectivity index (χ4v) is 3.17. The Morgan fingerprint density at radius 2 is 0.692 bits per heavy atom. The molecule has 0 unspecified atom stereocenters. The molecular weight excluding hydrogens is 314 g/mol. The predicted molar refractivity (Wildman–Crippen MR) is 111 cm³/mol. The second-order valence-electron chi connectivity index (χ2n) is 6.42. The topological polar surface area (TPSA) is 26.0 Å². The van der Waals surface area contributed by atoms with Crippen LogP contribution >= 0.6 is 0 Å². The van der Waals surface area contributed by atoms with Crippen LogP contribution in [0.2, 0.25) is 0 Å². The molecule has 26 heavy (non-hydrogen) atoms. The van der Waals surface area contributed by atoms with Gasteiger partial charge >= 0.3 is 0 Å². The third kappa shape index (κ3) is 3.44. The molecule has 0 aliphatic heterocycles. The van der Waals surface area contributed by atoms with E-state index in [1.807, 2.05) is 6.07 Å². The van der Waals surface area contributed by atoms with E-state index >= 15 is 0 Å². The van der Waals surface area contributed by atoms with Crippen LogP contribution in [-0.4, -0.2) is 0 Å². The molecule has 0 fully saturated rings. The van der Waals surface area contributed by atoms with Crippen molar-refractivity contribution in [3.8, 4) is 33.4 Å². The molecule has 126 valence electrons. The van der Waals surface area contributed by atoms with Crippen molar-refractivity contribution < 1.29 is 0 Å². The highest BCUT2D eigenvalue weighted by atomic mass is 14.5. The normalized spacial score (nSPS) is 10.7. The molecule has 4 aromatic rings. The number of hydrogen-bond acceptors (Lipinski definition) is 1. The quantitative estimate of drug-likeness (QED) is 0.476. The van der Waals surface area contributed by atoms with Crippen molar-refractivity contribution in [3.63, 3.8) is 0 Å². The molecule has 4 aromatic carbocycles. The molecule has 0 amide bonds. The minimum absolute atomic E-state index is 0.582. The monoisotopic (exact) mass is 335 g/mol. The van der Waals surface area contributed by atoms with Gasteiger partial charge in [-0.15, -0.1) is 0 Å². The average molecular weight is 335 g/mol. The van der Waals surface area contributed by atoms with Gasteiger partial charge in [0, 0.05) is 6.54 Å². The maximum Gasteiger partial charge on any atom is 0.0178 e. The van der Waals surface area contributed by atoms with Gasteiger partial charge < -0.3 is 5.73 Å². The molecule has 0 aromatic heterocycles. The Morgan fingerprint density at radius 3 is 1.04 bits per heavy atom. The molecule has 0 heterocycles. The SMILES string of the molecule is NCc1ccc(-c2ccc(-c3ccc(-c4ccccc4)cc3)cc2)cc1. The smallest absolute Gasteiger partial charge is 0.0178 e. The third-order valence-corrected chi connectivity index (χ3v) is 4.73. The Hall–Kier alpha value is -3.16. The zero-order valence-electron chi connectivity index (χ0n) is 14.6. The largest absolute Gasteiger partial charge is 0.326 e. The summed E-state index contributed by atoms with van der Waals surface area (Å²) in [7, 11) is 0. The number of hydrogen-bond donors (Lipinski definition) is 1. The Morgan fingerprint density at radius 1 is 0.385 bits per heavy atom. The highest BCUT2D eigenvalue weighted by molar-refractivity contribution is 5.73. The van der Waals surface area contributed by atoms with Crippen LogP contribution in [0.15, 0.2) is 103 Å². The van der Waals surface area contributed by atoms with Gasteiger partial charge in [0.25, 0.3) is 0 Å². The van der Waals surface area contributed by atoms with Crippen LogP contribution in [0.25, 0.3) is 33.4 Å². The van der Waals surface area contributed by atoms with Crippen molar-refractivity contribution in [2.45, 2.75) is 6.54 Å². The molecule has 2 N–H and O–H groups in total. The minimum atomic E-state index is 0.582. The first-order valence-electron chi connectivity index (χ1n) is 8.89. The van der Waals surface area contributed by atoms with Gasteiger partial charge in [-0.05, 0) is 38.9 Å². The third-order valence-electron chi connectivity index (χ3n) is 4.73. The van der Waals surface area contributed by atoms with Crippen LogP contribution in [0.3, 0.4) is 0 Å². The van der Waals surface area contributed by atoms with Crippen LogP contribution in [0.5, 0.6) is 0 Å². The molecule has 1 nitrogen and oxygen atoms in total. The van der Waals surface area contributed by atoms with E-state index in [1.165, 1.54) is 33.4 Å². The molecule has 4 rings (SSSR count). The molecule has 0 radical (unpaired) electrons. The lowest BCUT2D eigenvalue weighted by atomic mass is 9.98. The summed E-state index contributed by atoms with van der Waals surface area (Å²) in [6.45, 7) is 0.582. The summed E-state index contributed by atoms with van der Waals surface area (Å²) in [4.78, 5) is 0. The van der Waals surface area contributed by atoms with Crippen molar-refractivity contribution in [1.82, 2.24) is 0 Å². The van der Waals surface area contributed by atoms with Gasteiger partial charge in [-0.3, -0.25) is 0 Å². The van der Waals surface area contributed by atoms with Crippen molar-refractivity contribution in [3.05, 3.63) is 109 Å². The summed E-state index contributed by atoms with van der Waals surface area (Å²) in [5, 5.41) is 0. The van der Waals surface area contributed by atoms with Crippen molar-refractivity contribution >= 4 is 0 Å². The first kappa shape index (κ1) is 16.3. The molecule has 1 heteroatoms. The Kier molecular flexibility index (Phi) is 4.63. The first-order valence-corrected chi connectivity index (χ1v) is 8.89. The molecule has 0 bridgehead atoms. The van der Waals surface area contributed by atoms with Gasteiger partial charge in [-0.2, -0.15) is 0 Å². The molecular formula is C25H21N. The zero-order valence-corrected chi connectivity index (χ0v) is 14.6. The highest BCUT2D eigenvalue weighted by Crippen LogP contribution is 2.27. The highest BCUT2D eigenvalue weighted by Gasteiger charge is 2.02. The Labute approximate surface area is 154 Å². The van der Waals surface area contributed by atoms with E-state index in [0.29, 0.717) is 6.54 Å². The van der Waals surface area contributed by atoms with Gasteiger partial charge in [0.1, 0.15) is 0 Å². The van der Waals surface area contributed by atoms with E-state index in [2.05, 4.69) is 97.1 Å². The molecule has 0 saturated carbocycles. The standard InChI is InChI=1S/C25H21N/c26-18-19-6-8-21(9-7-19)23-14-16-25(17-15-23)24-12-10-22(11-13-24)20-4-2-1-3-5-20/h1-17H,18,26H2. The second kappa shape index (κ2) is 7.38. The fourth-order valence-electron chi connectivity index (χ4n) is 3.17. The van der Waals surface area contributed by atoms with Crippen LogP contribution in [0, 0.1) is 0 Å². The lowest BCUT2D eigenvalue weighted by Gasteiger charge is -2.07. The Balaban J connectivity index is 1.56. The number of benzene rings is 4. The van der Waals surface area contributed by atoms with E-state index < -0.39 is 0 Å². The summed E-state index contributed by atoms with van der Waals surface area (Å²) in [5.41, 5.74) is 14.2. The van der Waals surface area contributed by atoms with Gasteiger partial charge in [0.2, 0.25) is 0 Å². The fraction of sp³-hybridized carbons (Fsp3) is 0.0400. The molecule has 0 aliphatic rings. The summed E-state index contributed by atoms with van der Waals surface area (Å²) in [6, 6.07) is 36.4. The van der Waals surface area contributed by atoms with E-state index in [0.717, 1.165) is 5.56 Å². The molecule has 0 saturated heterocycles. The summed E-state index contributed by atoms with van der Waals surface area (Å²) in [6.07, 6.45) is 0. The maximum absolute atomic E-state index is 5.67. The van der Waals surface area contributed by atoms with Gasteiger partial charge in [-0.25, -0.2) is 0 Å². The van der Waals surface area contributed by atoms with Crippen LogP contribution in [0.1, 0.15) is 5.56 Å². The number of rotatable bonds is 4. The number of nitrogens with two attached hydrogens (primary N) is 1. The maximum atomic E-state index is 5.67. The van der Waals surface area contributed by atoms with E-state index in [4.69, 9.17) is 5.73 Å². The summed E-state index contributed by atoms with van der Waals surface area (Å²) in [5.74, 6) is 0. The minimum Gasteiger partial charge on any atom is -0.326 e. The van der Waals surface area contributed by atoms with Crippen LogP contribution in [-0.2, 0) is 6.54 Å². The van der Waals surface area contributed by atoms with Crippen LogP contribution < -0.4 is 5.73 Å². The van der Waals surface area contributed by atoms with Gasteiger partial charge in [-0.1, -0.05) is 103 Å². The lowest BCUT2D eigenvalue weighted by Crippen LogP contribution is -1.95. The van der Waals surface area contributed by atoms with E-state index in [-0.39, 0.29) is 0 Å². The zero-order chi connectivity index (χ0) is 17.8. The summed E-state index contributed by atoms with van der Waals surface area (Å²) < 4.78 is 0. The first-order chi connectivity index (χ1) is 12.8. The Bertz CT molecular complexity index is 967. The second-order valence-corrected chi connectivity index (χ2v) is 6.42. The van der Waals surface area contributed by atoms with Crippen molar-refractivity contribution in [1.29, 1.82) is 0 Å². The lowest BCUT2D eigenvalue weighted by molar-refractivity contribution is 1.07. The van der Waals surface area contributed by atoms with Crippen LogP contribution in [0.4, 0.5) is 0 Å². The summed E-state index contributed by atoms with van der Waals surface area (Å²) >= 11 is 0. The predicted octanol–water partition coefficient (Wildman–Crippen LogP) is 6.15. The van der Waals surface area contributed by atoms with E-state index in [1.54, 1.807) is 0 Å². The van der Waals surface area contributed by atoms with Gasteiger partial charge in [0.05, 0.1) is 0 Å². The average Bonchev–Trinajstić information content (AvgIpc) is 2.75. The molecule has 0 aliphatic carbocycles. The van der Waals surface area contributed by atoms with Crippen molar-refractivity contribution in [2.24, 2.45) is 5.73 Å². The molecule has 0 spiro atoms. The molecule has 0 atom stereocenters. The van der Waals surface area contributed by atoms with Gasteiger partial charge in [0.15, 0.2) is 0 Å². The van der Waals surface area contributed by atoms with Crippen molar-refractivity contribution in [2.75, 3.05) is 0 Å². The van der Waals surface area contributed by atoms with E-state index in [9.17, 15) is 0 Å².